The number of rotatable bonds is 7. The fourth-order valence-electron chi connectivity index (χ4n) is 4.03. The minimum absolute atomic E-state index is 0.0628. The van der Waals surface area contributed by atoms with E-state index in [2.05, 4.69) is 16.3 Å². The van der Waals surface area contributed by atoms with Crippen molar-refractivity contribution in [3.63, 3.8) is 0 Å². The number of hydrogen-bond donors (Lipinski definition) is 1. The number of hydrogen-bond acceptors (Lipinski definition) is 7. The monoisotopic (exact) mass is 453 g/mol. The predicted molar refractivity (Wildman–Crippen MR) is 123 cm³/mol. The highest BCUT2D eigenvalue weighted by molar-refractivity contribution is 7.10. The standard InChI is InChI=1S/C23H23N3O5S/c1-30-19-11-15-8-9-25(14-22(27)24-16-5-3-6-17(12-16)26(28)29)23(21-7-4-10-32-21)18(15)13-20(19)31-2/h3-7,10-13,23H,8-9,14H2,1-2H3,(H,24,27). The summed E-state index contributed by atoms with van der Waals surface area (Å²) in [4.78, 5) is 26.6. The number of non-ortho nitro benzene ring substituents is 1. The largest absolute Gasteiger partial charge is 0.493 e. The van der Waals surface area contributed by atoms with E-state index >= 15 is 0 Å². The molecule has 0 radical (unpaired) electrons. The molecule has 1 N–H and O–H groups in total. The number of carbonyl (C=O) groups excluding carboxylic acids is 1. The second-order valence-corrected chi connectivity index (χ2v) is 8.38. The lowest BCUT2D eigenvalue weighted by molar-refractivity contribution is -0.384. The Morgan fingerprint density at radius 2 is 1.97 bits per heavy atom. The van der Waals surface area contributed by atoms with Crippen LogP contribution in [-0.4, -0.2) is 43.0 Å². The van der Waals surface area contributed by atoms with E-state index < -0.39 is 4.92 Å². The van der Waals surface area contributed by atoms with Gasteiger partial charge < -0.3 is 14.8 Å². The summed E-state index contributed by atoms with van der Waals surface area (Å²) in [6, 6.07) is 13.9. The third-order valence-electron chi connectivity index (χ3n) is 5.47. The topological polar surface area (TPSA) is 93.9 Å². The SMILES string of the molecule is COc1cc2c(cc1OC)C(c1cccs1)N(CC(=O)Nc1cccc([N+](=O)[O-])c1)CC2. The summed E-state index contributed by atoms with van der Waals surface area (Å²) in [7, 11) is 3.23. The number of benzene rings is 2. The number of ether oxygens (including phenoxy) is 2. The lowest BCUT2D eigenvalue weighted by Gasteiger charge is -2.37. The van der Waals surface area contributed by atoms with Gasteiger partial charge in [-0.2, -0.15) is 0 Å². The molecule has 1 amide bonds. The van der Waals surface area contributed by atoms with Crippen molar-refractivity contribution in [1.82, 2.24) is 4.90 Å². The molecular weight excluding hydrogens is 430 g/mol. The highest BCUT2D eigenvalue weighted by atomic mass is 32.1. The summed E-state index contributed by atoms with van der Waals surface area (Å²) in [5.74, 6) is 1.11. The van der Waals surface area contributed by atoms with Crippen molar-refractivity contribution in [2.24, 2.45) is 0 Å². The van der Waals surface area contributed by atoms with Crippen LogP contribution in [0.1, 0.15) is 22.0 Å². The Kier molecular flexibility index (Phi) is 6.38. The molecule has 32 heavy (non-hydrogen) atoms. The van der Waals surface area contributed by atoms with Gasteiger partial charge in [-0.05, 0) is 47.2 Å². The fraction of sp³-hybridized carbons (Fsp3) is 0.261. The van der Waals surface area contributed by atoms with Crippen LogP contribution in [0, 0.1) is 10.1 Å². The third kappa shape index (κ3) is 4.44. The summed E-state index contributed by atoms with van der Waals surface area (Å²) >= 11 is 1.64. The van der Waals surface area contributed by atoms with Crippen LogP contribution in [0.25, 0.3) is 0 Å². The maximum Gasteiger partial charge on any atom is 0.271 e. The number of fused-ring (bicyclic) bond motifs is 1. The molecule has 166 valence electrons. The van der Waals surface area contributed by atoms with Gasteiger partial charge >= 0.3 is 0 Å². The van der Waals surface area contributed by atoms with Crippen molar-refractivity contribution in [3.8, 4) is 11.5 Å². The molecule has 9 heteroatoms. The van der Waals surface area contributed by atoms with Gasteiger partial charge in [-0.1, -0.05) is 12.1 Å². The minimum Gasteiger partial charge on any atom is -0.493 e. The molecule has 3 aromatic rings. The van der Waals surface area contributed by atoms with Crippen molar-refractivity contribution in [1.29, 1.82) is 0 Å². The summed E-state index contributed by atoms with van der Waals surface area (Å²) in [6.45, 7) is 0.840. The van der Waals surface area contributed by atoms with Gasteiger partial charge in [0.2, 0.25) is 5.91 Å². The number of anilines is 1. The molecule has 0 spiro atoms. The van der Waals surface area contributed by atoms with E-state index in [-0.39, 0.29) is 24.2 Å². The Hall–Kier alpha value is -3.43. The summed E-state index contributed by atoms with van der Waals surface area (Å²) in [5, 5.41) is 15.8. The van der Waals surface area contributed by atoms with Gasteiger partial charge in [0.25, 0.3) is 5.69 Å². The number of amides is 1. The number of nitrogens with one attached hydrogen (secondary N) is 1. The molecule has 1 atom stereocenters. The summed E-state index contributed by atoms with van der Waals surface area (Å²) in [5.41, 5.74) is 2.59. The van der Waals surface area contributed by atoms with E-state index in [0.29, 0.717) is 23.7 Å². The molecule has 4 rings (SSSR count). The number of methoxy groups -OCH3 is 2. The highest BCUT2D eigenvalue weighted by Gasteiger charge is 2.32. The van der Waals surface area contributed by atoms with Gasteiger partial charge in [-0.25, -0.2) is 0 Å². The van der Waals surface area contributed by atoms with Gasteiger partial charge in [-0.15, -0.1) is 11.3 Å². The van der Waals surface area contributed by atoms with E-state index in [9.17, 15) is 14.9 Å². The lowest BCUT2D eigenvalue weighted by atomic mass is 9.91. The molecule has 1 aromatic heterocycles. The Bertz CT molecular complexity index is 1130. The molecule has 0 saturated carbocycles. The molecular formula is C23H23N3O5S. The average Bonchev–Trinajstić information content (AvgIpc) is 3.32. The van der Waals surface area contributed by atoms with E-state index in [1.54, 1.807) is 37.7 Å². The van der Waals surface area contributed by atoms with Crippen LogP contribution in [0.3, 0.4) is 0 Å². The maximum atomic E-state index is 12.8. The molecule has 0 fully saturated rings. The zero-order valence-electron chi connectivity index (χ0n) is 17.7. The van der Waals surface area contributed by atoms with Crippen LogP contribution in [0.4, 0.5) is 11.4 Å². The lowest BCUT2D eigenvalue weighted by Crippen LogP contribution is -2.40. The molecule has 2 heterocycles. The Labute approximate surface area is 189 Å². The smallest absolute Gasteiger partial charge is 0.271 e. The van der Waals surface area contributed by atoms with Gasteiger partial charge in [-0.3, -0.25) is 19.8 Å². The van der Waals surface area contributed by atoms with E-state index in [1.807, 2.05) is 23.6 Å². The maximum absolute atomic E-state index is 12.8. The fourth-order valence-corrected chi connectivity index (χ4v) is 4.91. The Balaban J connectivity index is 1.61. The summed E-state index contributed by atoms with van der Waals surface area (Å²) in [6.07, 6.45) is 0.766. The van der Waals surface area contributed by atoms with Crippen LogP contribution < -0.4 is 14.8 Å². The highest BCUT2D eigenvalue weighted by Crippen LogP contribution is 2.42. The Morgan fingerprint density at radius 3 is 2.66 bits per heavy atom. The van der Waals surface area contributed by atoms with Crippen molar-refractivity contribution >= 4 is 28.6 Å². The van der Waals surface area contributed by atoms with Crippen molar-refractivity contribution in [2.45, 2.75) is 12.5 Å². The van der Waals surface area contributed by atoms with Crippen LogP contribution >= 0.6 is 11.3 Å². The molecule has 1 aliphatic rings. The minimum atomic E-state index is -0.480. The second-order valence-electron chi connectivity index (χ2n) is 7.40. The normalized spacial score (nSPS) is 15.6. The van der Waals surface area contributed by atoms with Gasteiger partial charge in [0, 0.05) is 29.2 Å². The second kappa shape index (κ2) is 9.37. The van der Waals surface area contributed by atoms with Crippen LogP contribution in [0.15, 0.2) is 53.9 Å². The van der Waals surface area contributed by atoms with Crippen LogP contribution in [0.2, 0.25) is 0 Å². The average molecular weight is 454 g/mol. The van der Waals surface area contributed by atoms with E-state index in [1.165, 1.54) is 12.1 Å². The first-order chi connectivity index (χ1) is 15.5. The first-order valence-corrected chi connectivity index (χ1v) is 10.9. The first-order valence-electron chi connectivity index (χ1n) is 10.1. The number of thiophene rings is 1. The Morgan fingerprint density at radius 1 is 1.19 bits per heavy atom. The van der Waals surface area contributed by atoms with Crippen molar-refractivity contribution in [2.75, 3.05) is 32.6 Å². The molecule has 0 saturated heterocycles. The number of nitrogens with zero attached hydrogens (tertiary/aromatic N) is 2. The van der Waals surface area contributed by atoms with E-state index in [0.717, 1.165) is 22.4 Å². The molecule has 2 aromatic carbocycles. The molecule has 0 bridgehead atoms. The summed E-state index contributed by atoms with van der Waals surface area (Å²) < 4.78 is 11.0. The van der Waals surface area contributed by atoms with Crippen LogP contribution in [0.5, 0.6) is 11.5 Å². The number of nitro benzene ring substituents is 1. The molecule has 0 aliphatic carbocycles. The predicted octanol–water partition coefficient (Wildman–Crippen LogP) is 4.26. The van der Waals surface area contributed by atoms with Gasteiger partial charge in [0.1, 0.15) is 0 Å². The van der Waals surface area contributed by atoms with Crippen molar-refractivity contribution in [3.05, 3.63) is 80.0 Å². The quantitative estimate of drug-likeness (QED) is 0.424. The van der Waals surface area contributed by atoms with Crippen LogP contribution in [-0.2, 0) is 11.2 Å². The number of carbonyl (C=O) groups is 1. The zero-order valence-corrected chi connectivity index (χ0v) is 18.6. The molecule has 8 nitrogen and oxygen atoms in total. The van der Waals surface area contributed by atoms with Gasteiger partial charge in [0.05, 0.1) is 31.7 Å². The zero-order chi connectivity index (χ0) is 22.7. The van der Waals surface area contributed by atoms with Gasteiger partial charge in [0.15, 0.2) is 11.5 Å². The van der Waals surface area contributed by atoms with E-state index in [4.69, 9.17) is 9.47 Å². The number of nitro groups is 1. The molecule has 1 unspecified atom stereocenters. The third-order valence-corrected chi connectivity index (χ3v) is 6.40. The molecule has 1 aliphatic heterocycles. The van der Waals surface area contributed by atoms with Crippen molar-refractivity contribution < 1.29 is 19.2 Å². The first kappa shape index (κ1) is 21.8.